The highest BCUT2D eigenvalue weighted by Crippen LogP contribution is 2.14. The van der Waals surface area contributed by atoms with Crippen LogP contribution in [0.2, 0.25) is 0 Å². The molecule has 1 saturated heterocycles. The van der Waals surface area contributed by atoms with Gasteiger partial charge in [0.15, 0.2) is 0 Å². The lowest BCUT2D eigenvalue weighted by molar-refractivity contribution is 0.361. The molecule has 1 aromatic rings. The van der Waals surface area contributed by atoms with Gasteiger partial charge >= 0.3 is 5.69 Å². The van der Waals surface area contributed by atoms with E-state index in [1.54, 1.807) is 10.9 Å². The van der Waals surface area contributed by atoms with Crippen molar-refractivity contribution in [3.8, 4) is 0 Å². The molecular formula is C7H13ClN4O. The van der Waals surface area contributed by atoms with Gasteiger partial charge in [0, 0.05) is 6.04 Å². The number of nitrogens with one attached hydrogen (secondary N) is 2. The summed E-state index contributed by atoms with van der Waals surface area (Å²) in [6, 6.07) is 0.331. The number of piperidine rings is 1. The number of nitrogens with zero attached hydrogens (tertiary/aromatic N) is 2. The fourth-order valence-electron chi connectivity index (χ4n) is 1.60. The molecule has 0 bridgehead atoms. The second-order valence-electron chi connectivity index (χ2n) is 3.05. The minimum Gasteiger partial charge on any atom is -0.317 e. The standard InChI is InChI=1S/C7H12N4O.ClH/c12-7-10-9-5-11(7)6-1-3-8-4-2-6;/h5-6,8H,1-4H2,(H,10,12);1H. The number of H-pyrrole nitrogens is 1. The molecule has 0 aromatic carbocycles. The van der Waals surface area contributed by atoms with E-state index in [9.17, 15) is 4.79 Å². The Balaban J connectivity index is 0.000000845. The maximum absolute atomic E-state index is 11.1. The van der Waals surface area contributed by atoms with E-state index in [1.165, 1.54) is 0 Å². The molecule has 0 amide bonds. The Morgan fingerprint density at radius 1 is 1.46 bits per heavy atom. The van der Waals surface area contributed by atoms with Gasteiger partial charge in [0.2, 0.25) is 0 Å². The summed E-state index contributed by atoms with van der Waals surface area (Å²) in [5.41, 5.74) is -0.0955. The van der Waals surface area contributed by atoms with Crippen LogP contribution in [0, 0.1) is 0 Å². The van der Waals surface area contributed by atoms with Gasteiger partial charge < -0.3 is 5.32 Å². The summed E-state index contributed by atoms with van der Waals surface area (Å²) in [6.07, 6.45) is 3.61. The highest BCUT2D eigenvalue weighted by Gasteiger charge is 2.15. The highest BCUT2D eigenvalue weighted by atomic mass is 35.5. The second kappa shape index (κ2) is 4.43. The van der Waals surface area contributed by atoms with Gasteiger partial charge in [-0.15, -0.1) is 12.4 Å². The van der Waals surface area contributed by atoms with E-state index in [2.05, 4.69) is 15.5 Å². The van der Waals surface area contributed by atoms with Crippen LogP contribution < -0.4 is 11.0 Å². The first kappa shape index (κ1) is 10.3. The molecule has 1 aromatic heterocycles. The normalized spacial score (nSPS) is 18.2. The van der Waals surface area contributed by atoms with Gasteiger partial charge in [-0.05, 0) is 25.9 Å². The highest BCUT2D eigenvalue weighted by molar-refractivity contribution is 5.85. The van der Waals surface area contributed by atoms with Crippen molar-refractivity contribution >= 4 is 12.4 Å². The molecule has 1 fully saturated rings. The van der Waals surface area contributed by atoms with Gasteiger partial charge in [0.25, 0.3) is 0 Å². The van der Waals surface area contributed by atoms with E-state index in [-0.39, 0.29) is 18.1 Å². The molecular weight excluding hydrogens is 192 g/mol. The van der Waals surface area contributed by atoms with Gasteiger partial charge in [-0.2, -0.15) is 5.10 Å². The molecule has 0 spiro atoms. The summed E-state index contributed by atoms with van der Waals surface area (Å²) >= 11 is 0. The van der Waals surface area contributed by atoms with Crippen molar-refractivity contribution in [1.82, 2.24) is 20.1 Å². The maximum Gasteiger partial charge on any atom is 0.343 e. The fourth-order valence-corrected chi connectivity index (χ4v) is 1.60. The summed E-state index contributed by atoms with van der Waals surface area (Å²) in [7, 11) is 0. The summed E-state index contributed by atoms with van der Waals surface area (Å²) in [5.74, 6) is 0. The van der Waals surface area contributed by atoms with Crippen LogP contribution in [0.4, 0.5) is 0 Å². The molecule has 6 heteroatoms. The van der Waals surface area contributed by atoms with Crippen molar-refractivity contribution in [2.45, 2.75) is 18.9 Å². The van der Waals surface area contributed by atoms with E-state index in [0.717, 1.165) is 25.9 Å². The minimum absolute atomic E-state index is 0. The second-order valence-corrected chi connectivity index (χ2v) is 3.05. The lowest BCUT2D eigenvalue weighted by Crippen LogP contribution is -2.32. The Hall–Kier alpha value is -0.810. The Morgan fingerprint density at radius 2 is 2.15 bits per heavy atom. The zero-order chi connectivity index (χ0) is 8.39. The first-order valence-electron chi connectivity index (χ1n) is 4.20. The van der Waals surface area contributed by atoms with Crippen LogP contribution in [0.25, 0.3) is 0 Å². The van der Waals surface area contributed by atoms with E-state index in [0.29, 0.717) is 6.04 Å². The van der Waals surface area contributed by atoms with Gasteiger partial charge in [-0.25, -0.2) is 9.89 Å². The molecule has 2 heterocycles. The average Bonchev–Trinajstić information content (AvgIpc) is 2.53. The Bertz CT molecular complexity index is 301. The SMILES string of the molecule is Cl.O=c1[nH]ncn1C1CCNCC1. The molecule has 0 atom stereocenters. The van der Waals surface area contributed by atoms with Crippen molar-refractivity contribution < 1.29 is 0 Å². The largest absolute Gasteiger partial charge is 0.343 e. The Morgan fingerprint density at radius 3 is 2.69 bits per heavy atom. The molecule has 1 aliphatic heterocycles. The molecule has 0 aliphatic carbocycles. The van der Waals surface area contributed by atoms with Crippen molar-refractivity contribution in [2.75, 3.05) is 13.1 Å². The summed E-state index contributed by atoms with van der Waals surface area (Å²) in [6.45, 7) is 1.98. The molecule has 13 heavy (non-hydrogen) atoms. The first-order valence-corrected chi connectivity index (χ1v) is 4.20. The third kappa shape index (κ3) is 2.10. The van der Waals surface area contributed by atoms with Crippen LogP contribution >= 0.6 is 12.4 Å². The number of rotatable bonds is 1. The van der Waals surface area contributed by atoms with E-state index in [1.807, 2.05) is 0 Å². The van der Waals surface area contributed by atoms with Crippen LogP contribution in [0.1, 0.15) is 18.9 Å². The molecule has 2 N–H and O–H groups in total. The molecule has 0 unspecified atom stereocenters. The van der Waals surface area contributed by atoms with Crippen LogP contribution in [0.3, 0.4) is 0 Å². The number of hydrogen-bond acceptors (Lipinski definition) is 3. The van der Waals surface area contributed by atoms with Gasteiger partial charge in [0.1, 0.15) is 6.33 Å². The van der Waals surface area contributed by atoms with Crippen molar-refractivity contribution in [3.63, 3.8) is 0 Å². The third-order valence-corrected chi connectivity index (χ3v) is 2.28. The summed E-state index contributed by atoms with van der Waals surface area (Å²) in [4.78, 5) is 11.1. The first-order chi connectivity index (χ1) is 5.88. The Labute approximate surface area is 81.9 Å². The third-order valence-electron chi connectivity index (χ3n) is 2.28. The summed E-state index contributed by atoms with van der Waals surface area (Å²) in [5, 5.41) is 9.36. The molecule has 74 valence electrons. The Kier molecular flexibility index (Phi) is 3.50. The number of halogens is 1. The van der Waals surface area contributed by atoms with Crippen LogP contribution in [-0.2, 0) is 0 Å². The van der Waals surface area contributed by atoms with E-state index >= 15 is 0 Å². The minimum atomic E-state index is -0.0955. The molecule has 2 rings (SSSR count). The van der Waals surface area contributed by atoms with Gasteiger partial charge in [0.05, 0.1) is 0 Å². The zero-order valence-corrected chi connectivity index (χ0v) is 8.01. The molecule has 0 radical (unpaired) electrons. The van der Waals surface area contributed by atoms with Crippen molar-refractivity contribution in [2.24, 2.45) is 0 Å². The number of hydrogen-bond donors (Lipinski definition) is 2. The average molecular weight is 205 g/mol. The lowest BCUT2D eigenvalue weighted by atomic mass is 10.1. The van der Waals surface area contributed by atoms with Gasteiger partial charge in [-0.3, -0.25) is 4.57 Å². The van der Waals surface area contributed by atoms with Crippen LogP contribution in [0.5, 0.6) is 0 Å². The predicted molar refractivity (Wildman–Crippen MR) is 51.2 cm³/mol. The topological polar surface area (TPSA) is 62.7 Å². The molecule has 0 saturated carbocycles. The fraction of sp³-hybridized carbons (Fsp3) is 0.714. The zero-order valence-electron chi connectivity index (χ0n) is 7.19. The number of aromatic nitrogens is 3. The smallest absolute Gasteiger partial charge is 0.317 e. The predicted octanol–water partition coefficient (Wildman–Crippen LogP) is -0.0823. The quantitative estimate of drug-likeness (QED) is 0.673. The van der Waals surface area contributed by atoms with Crippen molar-refractivity contribution in [1.29, 1.82) is 0 Å². The summed E-state index contributed by atoms with van der Waals surface area (Å²) < 4.78 is 1.68. The monoisotopic (exact) mass is 204 g/mol. The van der Waals surface area contributed by atoms with E-state index < -0.39 is 0 Å². The van der Waals surface area contributed by atoms with Gasteiger partial charge in [-0.1, -0.05) is 0 Å². The van der Waals surface area contributed by atoms with Crippen LogP contribution in [0.15, 0.2) is 11.1 Å². The van der Waals surface area contributed by atoms with Crippen molar-refractivity contribution in [3.05, 3.63) is 16.8 Å². The van der Waals surface area contributed by atoms with Crippen LogP contribution in [-0.4, -0.2) is 27.9 Å². The molecule has 5 nitrogen and oxygen atoms in total. The molecule has 1 aliphatic rings. The van der Waals surface area contributed by atoms with E-state index in [4.69, 9.17) is 0 Å². The number of aromatic amines is 1. The lowest BCUT2D eigenvalue weighted by Gasteiger charge is -2.22. The maximum atomic E-state index is 11.1.